The third-order valence-corrected chi connectivity index (χ3v) is 6.34. The molecule has 31 heavy (non-hydrogen) atoms. The Hall–Kier alpha value is -2.88. The van der Waals surface area contributed by atoms with Gasteiger partial charge in [-0.1, -0.05) is 29.8 Å². The second-order valence-corrected chi connectivity index (χ2v) is 10.1. The van der Waals surface area contributed by atoms with Crippen molar-refractivity contribution in [2.45, 2.75) is 13.8 Å². The fraction of sp³-hybridized carbons (Fsp3) is 0.143. The predicted octanol–water partition coefficient (Wildman–Crippen LogP) is 4.89. The first kappa shape index (κ1) is 22.8. The lowest BCUT2D eigenvalue weighted by Gasteiger charge is -2.11. The Kier molecular flexibility index (Phi) is 6.68. The number of halogens is 1. The lowest BCUT2D eigenvalue weighted by Crippen LogP contribution is -2.13. The molecule has 3 aromatic rings. The van der Waals surface area contributed by atoms with E-state index in [1.54, 1.807) is 62.4 Å². The molecule has 0 fully saturated rings. The highest BCUT2D eigenvalue weighted by Gasteiger charge is 2.17. The summed E-state index contributed by atoms with van der Waals surface area (Å²) in [5.41, 5.74) is 2.58. The zero-order valence-corrected chi connectivity index (χ0v) is 19.3. The van der Waals surface area contributed by atoms with E-state index in [1.807, 2.05) is 0 Å². The monoisotopic (exact) mass is 477 g/mol. The van der Waals surface area contributed by atoms with E-state index in [0.717, 1.165) is 23.2 Å². The average molecular weight is 478 g/mol. The minimum Gasteiger partial charge on any atom is -0.321 e. The van der Waals surface area contributed by atoms with Gasteiger partial charge in [0.05, 0.1) is 32.4 Å². The number of amides is 2. The van der Waals surface area contributed by atoms with Crippen LogP contribution in [-0.4, -0.2) is 26.5 Å². The van der Waals surface area contributed by atoms with E-state index in [2.05, 4.69) is 15.4 Å². The molecule has 2 aromatic carbocycles. The molecule has 0 spiro atoms. The highest BCUT2D eigenvalue weighted by molar-refractivity contribution is 7.92. The van der Waals surface area contributed by atoms with Crippen LogP contribution in [0.4, 0.5) is 16.4 Å². The second-order valence-electron chi connectivity index (χ2n) is 6.91. The first-order valence-electron chi connectivity index (χ1n) is 9.09. The molecule has 10 heteroatoms. The molecular formula is C21H20ClN3O4S2. The van der Waals surface area contributed by atoms with E-state index in [-0.39, 0.29) is 11.8 Å². The van der Waals surface area contributed by atoms with Crippen LogP contribution >= 0.6 is 22.9 Å². The summed E-state index contributed by atoms with van der Waals surface area (Å²) in [5, 5.41) is 6.37. The maximum atomic E-state index is 12.8. The van der Waals surface area contributed by atoms with E-state index in [9.17, 15) is 18.0 Å². The standard InChI is InChI=1S/C21H20ClN3O4S2/c1-12-8-9-14(11-17(12)25-31(3,28)29)23-21(27)19-13(2)10-18(30-19)24-20(26)15-6-4-5-7-16(15)22/h4-11,25H,1-3H3,(H,23,27)(H,24,26). The normalized spacial score (nSPS) is 11.1. The smallest absolute Gasteiger partial charge is 0.266 e. The number of aryl methyl sites for hydroxylation is 2. The number of hydrogen-bond donors (Lipinski definition) is 3. The summed E-state index contributed by atoms with van der Waals surface area (Å²) in [7, 11) is -3.45. The summed E-state index contributed by atoms with van der Waals surface area (Å²) in [6, 6.07) is 13.3. The van der Waals surface area contributed by atoms with Gasteiger partial charge in [0.25, 0.3) is 11.8 Å². The lowest BCUT2D eigenvalue weighted by molar-refractivity contribution is 0.102. The van der Waals surface area contributed by atoms with E-state index in [1.165, 1.54) is 0 Å². The van der Waals surface area contributed by atoms with Crippen LogP contribution in [0.1, 0.15) is 31.2 Å². The van der Waals surface area contributed by atoms with Gasteiger partial charge in [0, 0.05) is 5.69 Å². The number of nitrogens with one attached hydrogen (secondary N) is 3. The van der Waals surface area contributed by atoms with Crippen molar-refractivity contribution < 1.29 is 18.0 Å². The molecule has 0 unspecified atom stereocenters. The summed E-state index contributed by atoms with van der Waals surface area (Å²) in [4.78, 5) is 25.6. The van der Waals surface area contributed by atoms with Gasteiger partial charge in [-0.15, -0.1) is 11.3 Å². The van der Waals surface area contributed by atoms with Gasteiger partial charge in [0.1, 0.15) is 0 Å². The number of rotatable bonds is 6. The van der Waals surface area contributed by atoms with Crippen LogP contribution in [0.2, 0.25) is 5.02 Å². The topological polar surface area (TPSA) is 104 Å². The highest BCUT2D eigenvalue weighted by atomic mass is 35.5. The van der Waals surface area contributed by atoms with Crippen molar-refractivity contribution in [3.8, 4) is 0 Å². The molecule has 0 aliphatic carbocycles. The average Bonchev–Trinajstić information content (AvgIpc) is 3.03. The maximum absolute atomic E-state index is 12.8. The first-order valence-corrected chi connectivity index (χ1v) is 12.2. The summed E-state index contributed by atoms with van der Waals surface area (Å²) >= 11 is 7.20. The fourth-order valence-corrected chi connectivity index (χ4v) is 4.59. The zero-order chi connectivity index (χ0) is 22.8. The van der Waals surface area contributed by atoms with Crippen molar-refractivity contribution in [1.82, 2.24) is 0 Å². The van der Waals surface area contributed by atoms with Gasteiger partial charge in [-0.05, 0) is 55.3 Å². The van der Waals surface area contributed by atoms with Crippen molar-refractivity contribution in [3.05, 3.63) is 75.1 Å². The van der Waals surface area contributed by atoms with Crippen LogP contribution in [0.3, 0.4) is 0 Å². The van der Waals surface area contributed by atoms with Crippen LogP contribution in [0.15, 0.2) is 48.5 Å². The molecule has 0 radical (unpaired) electrons. The molecule has 0 saturated carbocycles. The largest absolute Gasteiger partial charge is 0.321 e. The summed E-state index contributed by atoms with van der Waals surface area (Å²) in [5.74, 6) is -0.733. The molecule has 1 heterocycles. The van der Waals surface area contributed by atoms with Crippen molar-refractivity contribution in [1.29, 1.82) is 0 Å². The van der Waals surface area contributed by atoms with E-state index >= 15 is 0 Å². The molecule has 0 aliphatic heterocycles. The van der Waals surface area contributed by atoms with Gasteiger partial charge in [0.2, 0.25) is 10.0 Å². The number of benzene rings is 2. The Balaban J connectivity index is 1.76. The van der Waals surface area contributed by atoms with Crippen LogP contribution in [0.25, 0.3) is 0 Å². The van der Waals surface area contributed by atoms with Crippen LogP contribution in [-0.2, 0) is 10.0 Å². The number of carbonyl (C=O) groups excluding carboxylic acids is 2. The van der Waals surface area contributed by atoms with Gasteiger partial charge in [-0.2, -0.15) is 0 Å². The number of hydrogen-bond acceptors (Lipinski definition) is 5. The highest BCUT2D eigenvalue weighted by Crippen LogP contribution is 2.29. The van der Waals surface area contributed by atoms with Gasteiger partial charge in [-0.25, -0.2) is 8.42 Å². The minimum atomic E-state index is -3.45. The molecule has 3 rings (SSSR count). The SMILES string of the molecule is Cc1ccc(NC(=O)c2sc(NC(=O)c3ccccc3Cl)cc2C)cc1NS(C)(=O)=O. The van der Waals surface area contributed by atoms with Gasteiger partial charge >= 0.3 is 0 Å². The van der Waals surface area contributed by atoms with Gasteiger partial charge in [-0.3, -0.25) is 14.3 Å². The van der Waals surface area contributed by atoms with Crippen LogP contribution in [0, 0.1) is 13.8 Å². The Bertz CT molecular complexity index is 1270. The Labute approximate surface area is 189 Å². The van der Waals surface area contributed by atoms with Gasteiger partial charge in [0.15, 0.2) is 0 Å². The fourth-order valence-electron chi connectivity index (χ4n) is 2.79. The van der Waals surface area contributed by atoms with E-state index in [4.69, 9.17) is 11.6 Å². The van der Waals surface area contributed by atoms with Crippen molar-refractivity contribution in [3.63, 3.8) is 0 Å². The number of carbonyl (C=O) groups is 2. The third-order valence-electron chi connectivity index (χ3n) is 4.27. The quantitative estimate of drug-likeness (QED) is 0.469. The zero-order valence-electron chi connectivity index (χ0n) is 16.9. The molecule has 162 valence electrons. The summed E-state index contributed by atoms with van der Waals surface area (Å²) in [6.07, 6.45) is 1.06. The lowest BCUT2D eigenvalue weighted by atomic mass is 10.2. The predicted molar refractivity (Wildman–Crippen MR) is 126 cm³/mol. The molecule has 0 saturated heterocycles. The number of thiophene rings is 1. The van der Waals surface area contributed by atoms with Crippen molar-refractivity contribution >= 4 is 61.2 Å². The minimum absolute atomic E-state index is 0.337. The second kappa shape index (κ2) is 9.09. The Morgan fingerprint density at radius 3 is 2.32 bits per heavy atom. The Morgan fingerprint density at radius 1 is 0.935 bits per heavy atom. The van der Waals surface area contributed by atoms with E-state index in [0.29, 0.717) is 37.4 Å². The Morgan fingerprint density at radius 2 is 1.65 bits per heavy atom. The summed E-state index contributed by atoms with van der Waals surface area (Å²) in [6.45, 7) is 3.53. The first-order chi connectivity index (χ1) is 14.5. The number of anilines is 3. The molecular weight excluding hydrogens is 458 g/mol. The third kappa shape index (κ3) is 5.84. The maximum Gasteiger partial charge on any atom is 0.266 e. The van der Waals surface area contributed by atoms with Gasteiger partial charge < -0.3 is 10.6 Å². The van der Waals surface area contributed by atoms with Crippen molar-refractivity contribution in [2.24, 2.45) is 0 Å². The molecule has 1 aromatic heterocycles. The van der Waals surface area contributed by atoms with Crippen LogP contribution < -0.4 is 15.4 Å². The van der Waals surface area contributed by atoms with Crippen molar-refractivity contribution in [2.75, 3.05) is 21.6 Å². The molecule has 7 nitrogen and oxygen atoms in total. The number of sulfonamides is 1. The molecule has 0 aliphatic rings. The van der Waals surface area contributed by atoms with Crippen LogP contribution in [0.5, 0.6) is 0 Å². The molecule has 0 bridgehead atoms. The summed E-state index contributed by atoms with van der Waals surface area (Å²) < 4.78 is 25.5. The molecule has 3 N–H and O–H groups in total. The molecule has 2 amide bonds. The van der Waals surface area contributed by atoms with E-state index < -0.39 is 10.0 Å². The molecule has 0 atom stereocenters.